The van der Waals surface area contributed by atoms with E-state index in [2.05, 4.69) is 60.4 Å². The van der Waals surface area contributed by atoms with E-state index in [0.29, 0.717) is 13.0 Å². The van der Waals surface area contributed by atoms with E-state index in [9.17, 15) is 0 Å². The van der Waals surface area contributed by atoms with E-state index in [1.54, 1.807) is 0 Å². The maximum Gasteiger partial charge on any atom is 0.218 e. The maximum absolute atomic E-state index is 8.83. The minimum atomic E-state index is -0.878. The quantitative estimate of drug-likeness (QED) is 0.390. The zero-order chi connectivity index (χ0) is 16.9. The van der Waals surface area contributed by atoms with Crippen molar-refractivity contribution >= 4 is 14.1 Å². The zero-order valence-corrected chi connectivity index (χ0v) is 15.6. The van der Waals surface area contributed by atoms with Crippen LogP contribution in [-0.4, -0.2) is 30.9 Å². The molecular weight excluding hydrogens is 305 g/mol. The molecule has 1 rings (SSSR count). The van der Waals surface area contributed by atoms with Gasteiger partial charge in [0.2, 0.25) is 8.45 Å². The lowest BCUT2D eigenvalue weighted by molar-refractivity contribution is 0.307. The van der Waals surface area contributed by atoms with Gasteiger partial charge in [-0.05, 0) is 31.4 Å². The van der Waals surface area contributed by atoms with Crippen LogP contribution in [0.1, 0.15) is 46.5 Å². The first-order valence-corrected chi connectivity index (χ1v) is 9.82. The molecule has 5 heteroatoms. The Morgan fingerprint density at radius 1 is 1.00 bits per heavy atom. The molecule has 0 amide bonds. The first-order chi connectivity index (χ1) is 11.3. The van der Waals surface area contributed by atoms with Crippen LogP contribution in [0.25, 0.3) is 0 Å². The standard InChI is InChI=1S/C18H30N3OP/c1-4-14-20(15-5-2)23(22-17-10-13-19)21(16-6-3)18-11-8-7-9-12-18/h7-9,11-12H,4-6,10,14-17H2,1-3H3. The van der Waals surface area contributed by atoms with Gasteiger partial charge in [0, 0.05) is 25.3 Å². The molecule has 0 spiro atoms. The van der Waals surface area contributed by atoms with E-state index in [1.807, 2.05) is 6.07 Å². The molecule has 0 aliphatic rings. The first-order valence-electron chi connectivity index (χ1n) is 8.65. The number of hydrogen-bond donors (Lipinski definition) is 0. The Kier molecular flexibility index (Phi) is 10.6. The number of para-hydroxylation sites is 1. The molecule has 0 saturated heterocycles. The Morgan fingerprint density at radius 3 is 2.13 bits per heavy atom. The van der Waals surface area contributed by atoms with Crippen LogP contribution in [0.15, 0.2) is 30.3 Å². The van der Waals surface area contributed by atoms with Crippen LogP contribution in [0.4, 0.5) is 5.69 Å². The number of nitrogens with zero attached hydrogens (tertiary/aromatic N) is 3. The second kappa shape index (κ2) is 12.3. The smallest absolute Gasteiger partial charge is 0.218 e. The van der Waals surface area contributed by atoms with E-state index in [0.717, 1.165) is 38.9 Å². The van der Waals surface area contributed by atoms with Crippen LogP contribution in [0.3, 0.4) is 0 Å². The molecule has 1 aromatic carbocycles. The number of hydrogen-bond acceptors (Lipinski definition) is 4. The van der Waals surface area contributed by atoms with E-state index in [1.165, 1.54) is 5.69 Å². The van der Waals surface area contributed by atoms with Crippen molar-refractivity contribution in [1.82, 2.24) is 4.67 Å². The monoisotopic (exact) mass is 335 g/mol. The van der Waals surface area contributed by atoms with Gasteiger partial charge in [0.1, 0.15) is 0 Å². The van der Waals surface area contributed by atoms with Gasteiger partial charge in [-0.2, -0.15) is 5.26 Å². The molecule has 0 aliphatic heterocycles. The third kappa shape index (κ3) is 6.87. The average Bonchev–Trinajstić information content (AvgIpc) is 2.58. The van der Waals surface area contributed by atoms with Gasteiger partial charge in [0.25, 0.3) is 0 Å². The van der Waals surface area contributed by atoms with E-state index >= 15 is 0 Å². The molecular formula is C18H30N3OP. The van der Waals surface area contributed by atoms with E-state index < -0.39 is 8.45 Å². The molecule has 0 aromatic heterocycles. The third-order valence-corrected chi connectivity index (χ3v) is 5.46. The van der Waals surface area contributed by atoms with E-state index in [-0.39, 0.29) is 0 Å². The fourth-order valence-electron chi connectivity index (χ4n) is 2.40. The van der Waals surface area contributed by atoms with Gasteiger partial charge in [-0.3, -0.25) is 0 Å². The molecule has 0 aliphatic carbocycles. The summed E-state index contributed by atoms with van der Waals surface area (Å²) in [6.45, 7) is 10.1. The highest BCUT2D eigenvalue weighted by Crippen LogP contribution is 2.48. The normalized spacial score (nSPS) is 12.1. The molecule has 1 atom stereocenters. The Bertz CT molecular complexity index is 443. The molecule has 0 N–H and O–H groups in total. The number of nitriles is 1. The highest BCUT2D eigenvalue weighted by atomic mass is 31.2. The fraction of sp³-hybridized carbons (Fsp3) is 0.611. The van der Waals surface area contributed by atoms with E-state index in [4.69, 9.17) is 9.79 Å². The molecule has 1 unspecified atom stereocenters. The molecule has 0 bridgehead atoms. The van der Waals surface area contributed by atoms with Crippen molar-refractivity contribution in [3.63, 3.8) is 0 Å². The van der Waals surface area contributed by atoms with Crippen LogP contribution in [0, 0.1) is 11.3 Å². The summed E-state index contributed by atoms with van der Waals surface area (Å²) in [5.74, 6) is 0. The molecule has 0 radical (unpaired) electrons. The summed E-state index contributed by atoms with van der Waals surface area (Å²) in [5.41, 5.74) is 1.20. The summed E-state index contributed by atoms with van der Waals surface area (Å²) in [6, 6.07) is 12.7. The largest absolute Gasteiger partial charge is 0.326 e. The second-order valence-electron chi connectivity index (χ2n) is 5.41. The molecule has 0 fully saturated rings. The van der Waals surface area contributed by atoms with Gasteiger partial charge in [-0.1, -0.05) is 39.0 Å². The average molecular weight is 335 g/mol. The lowest BCUT2D eigenvalue weighted by atomic mass is 10.3. The Morgan fingerprint density at radius 2 is 1.61 bits per heavy atom. The maximum atomic E-state index is 8.83. The summed E-state index contributed by atoms with van der Waals surface area (Å²) in [7, 11) is -0.878. The molecule has 23 heavy (non-hydrogen) atoms. The third-order valence-electron chi connectivity index (χ3n) is 3.32. The topological polar surface area (TPSA) is 39.5 Å². The van der Waals surface area contributed by atoms with Gasteiger partial charge in [0.15, 0.2) is 0 Å². The lowest BCUT2D eigenvalue weighted by Gasteiger charge is -2.39. The summed E-state index contributed by atoms with van der Waals surface area (Å²) < 4.78 is 11.1. The van der Waals surface area contributed by atoms with Gasteiger partial charge in [-0.25, -0.2) is 4.67 Å². The van der Waals surface area contributed by atoms with Crippen LogP contribution < -0.4 is 4.67 Å². The van der Waals surface area contributed by atoms with Gasteiger partial charge < -0.3 is 9.19 Å². The summed E-state index contributed by atoms with van der Waals surface area (Å²) in [4.78, 5) is 0. The summed E-state index contributed by atoms with van der Waals surface area (Å²) in [5, 5.41) is 8.83. The Hall–Kier alpha value is -1.14. The molecule has 0 heterocycles. The predicted octanol–water partition coefficient (Wildman–Crippen LogP) is 5.18. The van der Waals surface area contributed by atoms with Crippen molar-refractivity contribution in [3.05, 3.63) is 30.3 Å². The highest BCUT2D eigenvalue weighted by molar-refractivity contribution is 7.51. The van der Waals surface area contributed by atoms with Gasteiger partial charge in [-0.15, -0.1) is 0 Å². The summed E-state index contributed by atoms with van der Waals surface area (Å²) >= 11 is 0. The Balaban J connectivity index is 3.02. The molecule has 4 nitrogen and oxygen atoms in total. The minimum absolute atomic E-state index is 0.444. The van der Waals surface area contributed by atoms with Crippen LogP contribution >= 0.6 is 8.45 Å². The number of rotatable bonds is 12. The van der Waals surface area contributed by atoms with Crippen molar-refractivity contribution in [2.24, 2.45) is 0 Å². The highest BCUT2D eigenvalue weighted by Gasteiger charge is 2.26. The molecule has 0 saturated carbocycles. The Labute approximate surface area is 143 Å². The minimum Gasteiger partial charge on any atom is -0.326 e. The van der Waals surface area contributed by atoms with Crippen LogP contribution in [0.5, 0.6) is 0 Å². The van der Waals surface area contributed by atoms with Crippen molar-refractivity contribution < 1.29 is 4.52 Å². The second-order valence-corrected chi connectivity index (χ2v) is 7.22. The van der Waals surface area contributed by atoms with Crippen molar-refractivity contribution in [3.8, 4) is 6.07 Å². The van der Waals surface area contributed by atoms with Crippen LogP contribution in [0.2, 0.25) is 0 Å². The zero-order valence-electron chi connectivity index (χ0n) is 14.7. The van der Waals surface area contributed by atoms with Gasteiger partial charge in [0.05, 0.1) is 19.1 Å². The lowest BCUT2D eigenvalue weighted by Crippen LogP contribution is -2.32. The van der Waals surface area contributed by atoms with Crippen molar-refractivity contribution in [2.75, 3.05) is 30.9 Å². The number of benzene rings is 1. The van der Waals surface area contributed by atoms with Crippen molar-refractivity contribution in [1.29, 1.82) is 5.26 Å². The number of anilines is 1. The SMILES string of the molecule is CCCN(CCC)P(OCCC#N)N(CCC)c1ccccc1. The summed E-state index contributed by atoms with van der Waals surface area (Å²) in [6.07, 6.45) is 3.73. The van der Waals surface area contributed by atoms with Crippen molar-refractivity contribution in [2.45, 2.75) is 46.5 Å². The molecule has 1 aromatic rings. The molecule has 128 valence electrons. The van der Waals surface area contributed by atoms with Crippen LogP contribution in [-0.2, 0) is 4.52 Å². The first kappa shape index (κ1) is 19.9. The fourth-order valence-corrected chi connectivity index (χ4v) is 4.71. The van der Waals surface area contributed by atoms with Gasteiger partial charge >= 0.3 is 0 Å². The predicted molar refractivity (Wildman–Crippen MR) is 99.3 cm³/mol.